The summed E-state index contributed by atoms with van der Waals surface area (Å²) in [5, 5.41) is 9.04. The molecule has 0 radical (unpaired) electrons. The van der Waals surface area contributed by atoms with E-state index in [1.165, 1.54) is 0 Å². The number of aliphatic hydroxyl groups excluding tert-OH is 1. The molecule has 1 amide bonds. The Bertz CT molecular complexity index is 419. The van der Waals surface area contributed by atoms with E-state index >= 15 is 0 Å². The molecule has 19 heavy (non-hydrogen) atoms. The number of ether oxygens (including phenoxy) is 1. The first-order valence-corrected chi connectivity index (χ1v) is 6.71. The maximum atomic E-state index is 11.7. The van der Waals surface area contributed by atoms with Crippen molar-refractivity contribution in [3.05, 3.63) is 35.9 Å². The molecule has 4 heteroatoms. The molecular formula is C15H21NO3. The van der Waals surface area contributed by atoms with Gasteiger partial charge < -0.3 is 14.7 Å². The van der Waals surface area contributed by atoms with Gasteiger partial charge in [-0.2, -0.15) is 0 Å². The molecule has 1 aliphatic rings. The van der Waals surface area contributed by atoms with Crippen LogP contribution in [0.15, 0.2) is 30.3 Å². The average Bonchev–Trinajstić information content (AvgIpc) is 2.46. The van der Waals surface area contributed by atoms with Gasteiger partial charge in [0.1, 0.15) is 12.7 Å². The highest BCUT2D eigenvalue weighted by Crippen LogP contribution is 2.28. The average molecular weight is 263 g/mol. The SMILES string of the molecule is CC(C)[C@H]1CN(C(=O)CO)C[C@@H](c2ccccc2)O1. The number of rotatable bonds is 3. The third kappa shape index (κ3) is 3.33. The van der Waals surface area contributed by atoms with Crippen molar-refractivity contribution >= 4 is 5.91 Å². The molecule has 1 saturated heterocycles. The number of carbonyl (C=O) groups is 1. The number of hydrogen-bond acceptors (Lipinski definition) is 3. The summed E-state index contributed by atoms with van der Waals surface area (Å²) in [6.07, 6.45) is -0.104. The van der Waals surface area contributed by atoms with Crippen LogP contribution in [0.3, 0.4) is 0 Å². The van der Waals surface area contributed by atoms with E-state index in [0.29, 0.717) is 19.0 Å². The van der Waals surface area contributed by atoms with E-state index in [1.807, 2.05) is 30.3 Å². The minimum Gasteiger partial charge on any atom is -0.387 e. The second-order valence-electron chi connectivity index (χ2n) is 5.27. The standard InChI is InChI=1S/C15H21NO3/c1-11(2)13-8-16(15(18)10-17)9-14(19-13)12-6-4-3-5-7-12/h3-7,11,13-14,17H,8-10H2,1-2H3/t13-,14+/m1/s1. The Morgan fingerprint density at radius 1 is 1.37 bits per heavy atom. The summed E-state index contributed by atoms with van der Waals surface area (Å²) in [6.45, 7) is 4.79. The van der Waals surface area contributed by atoms with Crippen LogP contribution in [0, 0.1) is 5.92 Å². The maximum Gasteiger partial charge on any atom is 0.248 e. The van der Waals surface area contributed by atoms with E-state index in [0.717, 1.165) is 5.56 Å². The largest absolute Gasteiger partial charge is 0.387 e. The van der Waals surface area contributed by atoms with Crippen LogP contribution in [0.2, 0.25) is 0 Å². The molecule has 2 rings (SSSR count). The van der Waals surface area contributed by atoms with Crippen molar-refractivity contribution in [2.45, 2.75) is 26.1 Å². The Kier molecular flexibility index (Phi) is 4.56. The molecule has 104 valence electrons. The predicted octanol–water partition coefficient (Wildman–Crippen LogP) is 1.60. The minimum absolute atomic E-state index is 0.00876. The highest BCUT2D eigenvalue weighted by molar-refractivity contribution is 5.77. The third-order valence-electron chi connectivity index (χ3n) is 3.53. The summed E-state index contributed by atoms with van der Waals surface area (Å²) >= 11 is 0. The topological polar surface area (TPSA) is 49.8 Å². The van der Waals surface area contributed by atoms with Gasteiger partial charge in [-0.3, -0.25) is 4.79 Å². The first kappa shape index (κ1) is 14.0. The van der Waals surface area contributed by atoms with E-state index < -0.39 is 6.61 Å². The summed E-state index contributed by atoms with van der Waals surface area (Å²) in [6, 6.07) is 9.92. The molecule has 1 heterocycles. The number of amides is 1. The molecule has 0 bridgehead atoms. The van der Waals surface area contributed by atoms with Gasteiger partial charge in [-0.15, -0.1) is 0 Å². The fraction of sp³-hybridized carbons (Fsp3) is 0.533. The van der Waals surface area contributed by atoms with Crippen LogP contribution >= 0.6 is 0 Å². The Morgan fingerprint density at radius 2 is 2.05 bits per heavy atom. The van der Waals surface area contributed by atoms with Crippen LogP contribution in [0.5, 0.6) is 0 Å². The first-order chi connectivity index (χ1) is 9.11. The van der Waals surface area contributed by atoms with Crippen LogP contribution in [0.4, 0.5) is 0 Å². The van der Waals surface area contributed by atoms with Crippen molar-refractivity contribution < 1.29 is 14.6 Å². The monoisotopic (exact) mass is 263 g/mol. The third-order valence-corrected chi connectivity index (χ3v) is 3.53. The van der Waals surface area contributed by atoms with E-state index in [2.05, 4.69) is 13.8 Å². The number of carbonyl (C=O) groups excluding carboxylic acids is 1. The predicted molar refractivity (Wildman–Crippen MR) is 72.6 cm³/mol. The van der Waals surface area contributed by atoms with Gasteiger partial charge in [0.05, 0.1) is 12.6 Å². The lowest BCUT2D eigenvalue weighted by Gasteiger charge is -2.39. The Morgan fingerprint density at radius 3 is 2.63 bits per heavy atom. The van der Waals surface area contributed by atoms with Crippen LogP contribution < -0.4 is 0 Å². The molecular weight excluding hydrogens is 242 g/mol. The molecule has 2 atom stereocenters. The van der Waals surface area contributed by atoms with Crippen molar-refractivity contribution in [3.8, 4) is 0 Å². The normalized spacial score (nSPS) is 23.7. The Hall–Kier alpha value is -1.39. The molecule has 0 unspecified atom stereocenters. The smallest absolute Gasteiger partial charge is 0.248 e. The summed E-state index contributed by atoms with van der Waals surface area (Å²) in [5.41, 5.74) is 1.07. The van der Waals surface area contributed by atoms with E-state index in [-0.39, 0.29) is 18.1 Å². The van der Waals surface area contributed by atoms with Gasteiger partial charge in [0, 0.05) is 6.54 Å². The lowest BCUT2D eigenvalue weighted by Crippen LogP contribution is -2.49. The summed E-state index contributed by atoms with van der Waals surface area (Å²) < 4.78 is 6.08. The molecule has 4 nitrogen and oxygen atoms in total. The second-order valence-corrected chi connectivity index (χ2v) is 5.27. The number of aliphatic hydroxyl groups is 1. The Labute approximate surface area is 114 Å². The zero-order valence-corrected chi connectivity index (χ0v) is 11.5. The van der Waals surface area contributed by atoms with Crippen LogP contribution in [0.1, 0.15) is 25.5 Å². The summed E-state index contributed by atoms with van der Waals surface area (Å²) in [5.74, 6) is 0.107. The van der Waals surface area contributed by atoms with Gasteiger partial charge in [-0.05, 0) is 11.5 Å². The highest BCUT2D eigenvalue weighted by Gasteiger charge is 2.32. The van der Waals surface area contributed by atoms with Gasteiger partial charge in [-0.1, -0.05) is 44.2 Å². The van der Waals surface area contributed by atoms with Crippen molar-refractivity contribution in [1.29, 1.82) is 0 Å². The van der Waals surface area contributed by atoms with Crippen molar-refractivity contribution in [2.75, 3.05) is 19.7 Å². The molecule has 1 N–H and O–H groups in total. The number of hydrogen-bond donors (Lipinski definition) is 1. The fourth-order valence-electron chi connectivity index (χ4n) is 2.31. The van der Waals surface area contributed by atoms with E-state index in [1.54, 1.807) is 4.90 Å². The van der Waals surface area contributed by atoms with Gasteiger partial charge in [0.15, 0.2) is 0 Å². The summed E-state index contributed by atoms with van der Waals surface area (Å²) in [7, 11) is 0. The lowest BCUT2D eigenvalue weighted by molar-refractivity contribution is -0.152. The molecule has 0 aromatic heterocycles. The number of nitrogens with zero attached hydrogens (tertiary/aromatic N) is 1. The fourth-order valence-corrected chi connectivity index (χ4v) is 2.31. The van der Waals surface area contributed by atoms with Crippen molar-refractivity contribution in [2.24, 2.45) is 5.92 Å². The molecule has 1 aliphatic heterocycles. The van der Waals surface area contributed by atoms with Gasteiger partial charge in [0.25, 0.3) is 0 Å². The first-order valence-electron chi connectivity index (χ1n) is 6.71. The second kappa shape index (κ2) is 6.17. The quantitative estimate of drug-likeness (QED) is 0.901. The minimum atomic E-state index is -0.438. The molecule has 1 fully saturated rings. The zero-order valence-electron chi connectivity index (χ0n) is 11.5. The molecule has 1 aromatic carbocycles. The maximum absolute atomic E-state index is 11.7. The highest BCUT2D eigenvalue weighted by atomic mass is 16.5. The van der Waals surface area contributed by atoms with Crippen molar-refractivity contribution in [1.82, 2.24) is 4.90 Å². The molecule has 1 aromatic rings. The molecule has 0 aliphatic carbocycles. The lowest BCUT2D eigenvalue weighted by atomic mass is 10.0. The van der Waals surface area contributed by atoms with Gasteiger partial charge in [-0.25, -0.2) is 0 Å². The summed E-state index contributed by atoms with van der Waals surface area (Å²) in [4.78, 5) is 13.4. The van der Waals surface area contributed by atoms with Crippen LogP contribution in [0.25, 0.3) is 0 Å². The van der Waals surface area contributed by atoms with E-state index in [4.69, 9.17) is 9.84 Å². The zero-order chi connectivity index (χ0) is 13.8. The van der Waals surface area contributed by atoms with E-state index in [9.17, 15) is 4.79 Å². The number of morpholine rings is 1. The molecule has 0 spiro atoms. The van der Waals surface area contributed by atoms with Crippen molar-refractivity contribution in [3.63, 3.8) is 0 Å². The van der Waals surface area contributed by atoms with Crippen LogP contribution in [-0.4, -0.2) is 41.7 Å². The Balaban J connectivity index is 2.17. The van der Waals surface area contributed by atoms with Gasteiger partial charge in [0.2, 0.25) is 5.91 Å². The molecule has 0 saturated carbocycles. The number of benzene rings is 1. The van der Waals surface area contributed by atoms with Crippen LogP contribution in [-0.2, 0) is 9.53 Å². The van der Waals surface area contributed by atoms with Gasteiger partial charge >= 0.3 is 0 Å².